The number of carbonyl (C=O) groups excluding carboxylic acids is 6. The molecule has 6 aliphatic carbocycles. The minimum atomic E-state index is -1.62. The highest BCUT2D eigenvalue weighted by molar-refractivity contribution is 5.95. The monoisotopic (exact) mass is 797 g/mol. The van der Waals surface area contributed by atoms with Gasteiger partial charge in [-0.3, -0.25) is 24.0 Å². The highest BCUT2D eigenvalue weighted by Gasteiger charge is 2.70. The van der Waals surface area contributed by atoms with E-state index in [-0.39, 0.29) is 54.9 Å². The van der Waals surface area contributed by atoms with Crippen molar-refractivity contribution >= 4 is 35.4 Å². The van der Waals surface area contributed by atoms with Gasteiger partial charge in [0.1, 0.15) is 23.7 Å². The molecule has 0 aromatic heterocycles. The van der Waals surface area contributed by atoms with Crippen molar-refractivity contribution in [2.45, 2.75) is 118 Å². The minimum Gasteiger partial charge on any atom is -0.469 e. The van der Waals surface area contributed by atoms with Crippen molar-refractivity contribution < 1.29 is 58.3 Å². The number of aliphatic hydroxyl groups is 3. The normalized spacial score (nSPS) is 45.5. The zero-order chi connectivity index (χ0) is 42.0. The van der Waals surface area contributed by atoms with Crippen molar-refractivity contribution in [1.82, 2.24) is 5.32 Å². The van der Waals surface area contributed by atoms with Crippen molar-refractivity contribution in [3.8, 4) is 0 Å². The maximum Gasteiger partial charge on any atom is 0.331 e. The number of nitrogens with one attached hydrogen (secondary N) is 1. The summed E-state index contributed by atoms with van der Waals surface area (Å²) in [7, 11) is 2.56. The van der Waals surface area contributed by atoms with Crippen molar-refractivity contribution in [1.29, 1.82) is 0 Å². The topological polar surface area (TPSA) is 203 Å². The zero-order valence-electron chi connectivity index (χ0n) is 34.8. The Morgan fingerprint density at radius 1 is 0.754 bits per heavy atom. The molecular weight excluding hydrogens is 734 g/mol. The number of fused-ring (bicyclic) bond motifs is 6. The Bertz CT molecular complexity index is 1740. The van der Waals surface area contributed by atoms with Crippen LogP contribution in [0, 0.1) is 69.0 Å². The van der Waals surface area contributed by atoms with E-state index in [2.05, 4.69) is 12.2 Å². The molecule has 4 N–H and O–H groups in total. The van der Waals surface area contributed by atoms with Crippen molar-refractivity contribution in [2.75, 3.05) is 27.4 Å². The van der Waals surface area contributed by atoms with Gasteiger partial charge in [-0.15, -0.1) is 0 Å². The summed E-state index contributed by atoms with van der Waals surface area (Å²) in [4.78, 5) is 82.0. The van der Waals surface area contributed by atoms with Gasteiger partial charge in [0.15, 0.2) is 11.6 Å². The van der Waals surface area contributed by atoms with Gasteiger partial charge in [-0.1, -0.05) is 45.3 Å². The molecule has 0 saturated heterocycles. The summed E-state index contributed by atoms with van der Waals surface area (Å²) < 4.78 is 16.7. The molecule has 0 radical (unpaired) electrons. The van der Waals surface area contributed by atoms with Crippen LogP contribution < -0.4 is 5.32 Å². The van der Waals surface area contributed by atoms with Crippen LogP contribution in [-0.2, 0) is 43.0 Å². The zero-order valence-corrected chi connectivity index (χ0v) is 34.8. The van der Waals surface area contributed by atoms with Crippen molar-refractivity contribution in [3.63, 3.8) is 0 Å². The molecule has 0 aromatic rings. The summed E-state index contributed by atoms with van der Waals surface area (Å²) in [6, 6.07) is 0. The number of hydrogen-bond donors (Lipinski definition) is 4. The number of aliphatic hydroxyl groups excluding tert-OH is 3. The molecule has 316 valence electrons. The smallest absolute Gasteiger partial charge is 0.331 e. The standard InChI is InChI=1S/C44H63NO12/c1-22-24(20-29(47)45-18-19-46)10-12-27-31(22)34(50)36(52)38-42(27,4)17-14-28(44(38,6)40(54)56-8)57-30(48)21-25-11-13-26-32(23(25)2)33(49)35(51)37-41(26,3)15-9-16-43(37,5)39(53)55-7/h20-23,26-28,31-34,37-38,46,49-50H,9-19H2,1-8H3,(H,45,47)/b24-20+,25-21-/t22-,23-,26-,27-,28-,31-,32-,33+,34+,37+,38+,41+,42+,43-,44-/m0/s1. The Labute approximate surface area is 335 Å². The number of esters is 3. The second-order valence-corrected chi connectivity index (χ2v) is 19.0. The van der Waals surface area contributed by atoms with Gasteiger partial charge in [-0.25, -0.2) is 4.79 Å². The number of methoxy groups -OCH3 is 2. The van der Waals surface area contributed by atoms with Gasteiger partial charge < -0.3 is 34.8 Å². The molecule has 0 spiro atoms. The van der Waals surface area contributed by atoms with Gasteiger partial charge in [0, 0.05) is 42.4 Å². The first-order valence-corrected chi connectivity index (χ1v) is 20.9. The van der Waals surface area contributed by atoms with Gasteiger partial charge in [0.2, 0.25) is 5.91 Å². The molecule has 0 heterocycles. The van der Waals surface area contributed by atoms with Crippen molar-refractivity contribution in [3.05, 3.63) is 23.3 Å². The Balaban J connectivity index is 1.24. The molecule has 13 nitrogen and oxygen atoms in total. The lowest BCUT2D eigenvalue weighted by atomic mass is 9.41. The van der Waals surface area contributed by atoms with Gasteiger partial charge in [0.25, 0.3) is 0 Å². The fourth-order valence-electron chi connectivity index (χ4n) is 13.8. The first-order chi connectivity index (χ1) is 26.8. The fourth-order valence-corrected chi connectivity index (χ4v) is 13.8. The van der Waals surface area contributed by atoms with Crippen LogP contribution in [0.4, 0.5) is 0 Å². The molecule has 0 aromatic carbocycles. The minimum absolute atomic E-state index is 0.0775. The Hall–Kier alpha value is -3.42. The van der Waals surface area contributed by atoms with Crippen LogP contribution in [0.5, 0.6) is 0 Å². The number of carbonyl (C=O) groups is 6. The number of allylic oxidation sites excluding steroid dienone is 2. The predicted octanol–water partition coefficient (Wildman–Crippen LogP) is 3.65. The summed E-state index contributed by atoms with van der Waals surface area (Å²) in [5.41, 5.74) is -2.42. The molecule has 6 saturated carbocycles. The molecule has 15 atom stereocenters. The van der Waals surface area contributed by atoms with Gasteiger partial charge in [-0.2, -0.15) is 0 Å². The number of hydrogen-bond acceptors (Lipinski definition) is 12. The first-order valence-electron chi connectivity index (χ1n) is 20.9. The Kier molecular flexibility index (Phi) is 11.8. The Morgan fingerprint density at radius 3 is 1.82 bits per heavy atom. The molecule has 13 heteroatoms. The van der Waals surface area contributed by atoms with E-state index in [4.69, 9.17) is 19.3 Å². The number of ether oxygens (including phenoxy) is 3. The second kappa shape index (κ2) is 15.6. The second-order valence-electron chi connectivity index (χ2n) is 19.0. The van der Waals surface area contributed by atoms with Gasteiger partial charge in [0.05, 0.1) is 26.2 Å². The van der Waals surface area contributed by atoms with E-state index in [0.29, 0.717) is 38.5 Å². The number of Topliss-reactive ketones (excluding diaryl/α,β-unsaturated/α-hetero) is 2. The van der Waals surface area contributed by atoms with Crippen LogP contribution in [0.1, 0.15) is 99.3 Å². The maximum atomic E-state index is 14.5. The van der Waals surface area contributed by atoms with E-state index in [9.17, 15) is 39.0 Å². The van der Waals surface area contributed by atoms with Gasteiger partial charge in [-0.05, 0) is 99.7 Å². The summed E-state index contributed by atoms with van der Waals surface area (Å²) in [6.45, 7) is 11.2. The summed E-state index contributed by atoms with van der Waals surface area (Å²) >= 11 is 0. The highest BCUT2D eigenvalue weighted by Crippen LogP contribution is 2.66. The third-order valence-corrected chi connectivity index (χ3v) is 16.5. The maximum absolute atomic E-state index is 14.5. The van der Waals surface area contributed by atoms with Crippen LogP contribution >= 0.6 is 0 Å². The number of amides is 1. The third-order valence-electron chi connectivity index (χ3n) is 16.5. The first kappa shape index (κ1) is 43.2. The van der Waals surface area contributed by atoms with Crippen LogP contribution in [0.2, 0.25) is 0 Å². The summed E-state index contributed by atoms with van der Waals surface area (Å²) in [5.74, 6) is -6.64. The lowest BCUT2D eigenvalue weighted by Gasteiger charge is -2.62. The van der Waals surface area contributed by atoms with Crippen LogP contribution in [0.25, 0.3) is 0 Å². The summed E-state index contributed by atoms with van der Waals surface area (Å²) in [5, 5.41) is 35.1. The SMILES string of the molecule is COC(=O)[C@@]1(C)[C@@H](OC(=O)/C=C2/CC[C@H]3[C@@H]([C@@H](O)C(=O)[C@@H]4[C@]3(C)CCC[C@]4(C)C(=O)OC)[C@H]2C)CC[C@@]2(C)[C@H]1C(=O)[C@H](O)[C@H]1[C@@H](C)/C(=C/C(=O)NCCO)CC[C@@H]12. The van der Waals surface area contributed by atoms with Crippen LogP contribution in [0.3, 0.4) is 0 Å². The predicted molar refractivity (Wildman–Crippen MR) is 205 cm³/mol. The third kappa shape index (κ3) is 6.62. The quantitative estimate of drug-likeness (QED) is 0.166. The number of ketones is 2. The Morgan fingerprint density at radius 2 is 1.28 bits per heavy atom. The van der Waals surface area contributed by atoms with E-state index in [1.54, 1.807) is 13.8 Å². The average molecular weight is 798 g/mol. The molecule has 6 aliphatic rings. The molecule has 57 heavy (non-hydrogen) atoms. The van der Waals surface area contributed by atoms with E-state index < -0.39 is 87.3 Å². The van der Waals surface area contributed by atoms with E-state index >= 15 is 0 Å². The molecule has 6 rings (SSSR count). The molecular formula is C44H63NO12. The fraction of sp³-hybridized carbons (Fsp3) is 0.773. The molecule has 0 aliphatic heterocycles. The molecule has 0 bridgehead atoms. The molecule has 1 amide bonds. The largest absolute Gasteiger partial charge is 0.469 e. The molecule has 0 unspecified atom stereocenters. The van der Waals surface area contributed by atoms with E-state index in [1.165, 1.54) is 26.4 Å². The lowest BCUT2D eigenvalue weighted by molar-refractivity contribution is -0.214. The van der Waals surface area contributed by atoms with E-state index in [1.807, 2.05) is 20.8 Å². The van der Waals surface area contributed by atoms with Gasteiger partial charge >= 0.3 is 17.9 Å². The molecule has 6 fully saturated rings. The number of rotatable bonds is 7. The summed E-state index contributed by atoms with van der Waals surface area (Å²) in [6.07, 6.45) is 4.08. The van der Waals surface area contributed by atoms with E-state index in [0.717, 1.165) is 24.0 Å². The van der Waals surface area contributed by atoms with Crippen LogP contribution in [0.15, 0.2) is 23.3 Å². The highest BCUT2D eigenvalue weighted by atomic mass is 16.6. The van der Waals surface area contributed by atoms with Crippen LogP contribution in [-0.4, -0.2) is 96.4 Å². The average Bonchev–Trinajstić information content (AvgIpc) is 3.17. The lowest BCUT2D eigenvalue weighted by Crippen LogP contribution is -2.68. The van der Waals surface area contributed by atoms with Crippen molar-refractivity contribution in [2.24, 2.45) is 69.0 Å².